The summed E-state index contributed by atoms with van der Waals surface area (Å²) in [5.41, 5.74) is 1.12. The van der Waals surface area contributed by atoms with Crippen LogP contribution in [0.15, 0.2) is 30.5 Å². The Morgan fingerprint density at radius 1 is 1.21 bits per heavy atom. The molecule has 0 aliphatic rings. The molecule has 2 rings (SSSR count). The van der Waals surface area contributed by atoms with Crippen LogP contribution in [0.1, 0.15) is 26.7 Å². The van der Waals surface area contributed by atoms with Crippen molar-refractivity contribution in [2.45, 2.75) is 33.2 Å². The van der Waals surface area contributed by atoms with Crippen LogP contribution >= 0.6 is 0 Å². The van der Waals surface area contributed by atoms with E-state index < -0.39 is 0 Å². The average Bonchev–Trinajstić information content (AvgIpc) is 2.75. The number of nitrogens with zero attached hydrogens (tertiary/aromatic N) is 1. The Morgan fingerprint density at radius 3 is 2.84 bits per heavy atom. The zero-order chi connectivity index (χ0) is 13.7. The first-order valence-corrected chi connectivity index (χ1v) is 7.12. The van der Waals surface area contributed by atoms with E-state index in [-0.39, 0.29) is 5.82 Å². The summed E-state index contributed by atoms with van der Waals surface area (Å²) in [6, 6.07) is 6.97. The summed E-state index contributed by atoms with van der Waals surface area (Å²) in [5, 5.41) is 4.43. The van der Waals surface area contributed by atoms with E-state index in [1.807, 2.05) is 18.3 Å². The molecule has 2 aromatic rings. The standard InChI is InChI=1S/C16H23FN2/c1-13(2)12-18-8-3-4-9-19-10-7-14-11-15(17)5-6-16(14)19/h5-7,10-11,13,18H,3-4,8-9,12H2,1-2H3. The van der Waals surface area contributed by atoms with E-state index in [1.54, 1.807) is 6.07 Å². The van der Waals surface area contributed by atoms with Crippen molar-refractivity contribution in [2.24, 2.45) is 5.92 Å². The summed E-state index contributed by atoms with van der Waals surface area (Å²) in [7, 11) is 0. The van der Waals surface area contributed by atoms with Gasteiger partial charge in [-0.15, -0.1) is 0 Å². The summed E-state index contributed by atoms with van der Waals surface area (Å²) in [4.78, 5) is 0. The second-order valence-corrected chi connectivity index (χ2v) is 5.52. The zero-order valence-corrected chi connectivity index (χ0v) is 11.8. The molecule has 1 N–H and O–H groups in total. The summed E-state index contributed by atoms with van der Waals surface area (Å²) < 4.78 is 15.3. The molecule has 2 nitrogen and oxygen atoms in total. The van der Waals surface area contributed by atoms with Gasteiger partial charge < -0.3 is 9.88 Å². The number of aryl methyl sites for hydroxylation is 1. The molecular formula is C16H23FN2. The van der Waals surface area contributed by atoms with Crippen LogP contribution in [0, 0.1) is 11.7 Å². The number of halogens is 1. The van der Waals surface area contributed by atoms with Crippen LogP contribution in [-0.2, 0) is 6.54 Å². The number of hydrogen-bond donors (Lipinski definition) is 1. The molecular weight excluding hydrogens is 239 g/mol. The maximum absolute atomic E-state index is 13.1. The molecule has 0 atom stereocenters. The third-order valence-electron chi connectivity index (χ3n) is 3.29. The van der Waals surface area contributed by atoms with E-state index in [4.69, 9.17) is 0 Å². The lowest BCUT2D eigenvalue weighted by molar-refractivity contribution is 0.522. The van der Waals surface area contributed by atoms with Gasteiger partial charge in [0.1, 0.15) is 5.82 Å². The SMILES string of the molecule is CC(C)CNCCCCn1ccc2cc(F)ccc21. The third kappa shape index (κ3) is 4.06. The maximum Gasteiger partial charge on any atom is 0.123 e. The van der Waals surface area contributed by atoms with Gasteiger partial charge in [-0.2, -0.15) is 0 Å². The first-order chi connectivity index (χ1) is 9.16. The fourth-order valence-corrected chi connectivity index (χ4v) is 2.29. The van der Waals surface area contributed by atoms with Crippen LogP contribution in [-0.4, -0.2) is 17.7 Å². The maximum atomic E-state index is 13.1. The molecule has 0 radical (unpaired) electrons. The monoisotopic (exact) mass is 262 g/mol. The predicted molar refractivity (Wildman–Crippen MR) is 78.8 cm³/mol. The van der Waals surface area contributed by atoms with Crippen molar-refractivity contribution in [2.75, 3.05) is 13.1 Å². The van der Waals surface area contributed by atoms with Crippen molar-refractivity contribution in [3.63, 3.8) is 0 Å². The molecule has 104 valence electrons. The molecule has 0 fully saturated rings. The van der Waals surface area contributed by atoms with Gasteiger partial charge in [0.15, 0.2) is 0 Å². The van der Waals surface area contributed by atoms with Crippen LogP contribution in [0.3, 0.4) is 0 Å². The fourth-order valence-electron chi connectivity index (χ4n) is 2.29. The van der Waals surface area contributed by atoms with Crippen molar-refractivity contribution in [1.29, 1.82) is 0 Å². The third-order valence-corrected chi connectivity index (χ3v) is 3.29. The van der Waals surface area contributed by atoms with E-state index in [1.165, 1.54) is 12.5 Å². The number of nitrogens with one attached hydrogen (secondary N) is 1. The van der Waals surface area contributed by atoms with E-state index in [9.17, 15) is 4.39 Å². The van der Waals surface area contributed by atoms with Gasteiger partial charge in [-0.1, -0.05) is 13.8 Å². The normalized spacial score (nSPS) is 11.6. The number of hydrogen-bond acceptors (Lipinski definition) is 1. The lowest BCUT2D eigenvalue weighted by Gasteiger charge is -2.08. The lowest BCUT2D eigenvalue weighted by atomic mass is 10.2. The second kappa shape index (κ2) is 6.71. The van der Waals surface area contributed by atoms with Crippen LogP contribution in [0.25, 0.3) is 10.9 Å². The van der Waals surface area contributed by atoms with Crippen molar-refractivity contribution in [1.82, 2.24) is 9.88 Å². The summed E-state index contributed by atoms with van der Waals surface area (Å²) in [5.74, 6) is 0.548. The smallest absolute Gasteiger partial charge is 0.123 e. The van der Waals surface area contributed by atoms with Crippen molar-refractivity contribution >= 4 is 10.9 Å². The minimum absolute atomic E-state index is 0.164. The summed E-state index contributed by atoms with van der Waals surface area (Å²) >= 11 is 0. The fraction of sp³-hybridized carbons (Fsp3) is 0.500. The molecule has 3 heteroatoms. The molecule has 0 spiro atoms. The second-order valence-electron chi connectivity index (χ2n) is 5.52. The molecule has 0 saturated heterocycles. The zero-order valence-electron chi connectivity index (χ0n) is 11.8. The largest absolute Gasteiger partial charge is 0.347 e. The van der Waals surface area contributed by atoms with Crippen LogP contribution in [0.4, 0.5) is 4.39 Å². The molecule has 1 aromatic carbocycles. The quantitative estimate of drug-likeness (QED) is 0.751. The lowest BCUT2D eigenvalue weighted by Crippen LogP contribution is -2.20. The van der Waals surface area contributed by atoms with Gasteiger partial charge in [0.05, 0.1) is 0 Å². The van der Waals surface area contributed by atoms with Crippen molar-refractivity contribution < 1.29 is 4.39 Å². The Kier molecular flexibility index (Phi) is 4.97. The van der Waals surface area contributed by atoms with Gasteiger partial charge >= 0.3 is 0 Å². The van der Waals surface area contributed by atoms with E-state index >= 15 is 0 Å². The van der Waals surface area contributed by atoms with Crippen LogP contribution < -0.4 is 5.32 Å². The highest BCUT2D eigenvalue weighted by atomic mass is 19.1. The van der Waals surface area contributed by atoms with Gasteiger partial charge in [-0.05, 0) is 56.1 Å². The Labute approximate surface area is 114 Å². The Balaban J connectivity index is 1.79. The first-order valence-electron chi connectivity index (χ1n) is 7.12. The number of benzene rings is 1. The summed E-state index contributed by atoms with van der Waals surface area (Å²) in [6.07, 6.45) is 4.37. The first kappa shape index (κ1) is 14.1. The molecule has 1 heterocycles. The highest BCUT2D eigenvalue weighted by molar-refractivity contribution is 5.80. The van der Waals surface area contributed by atoms with E-state index in [0.717, 1.165) is 37.0 Å². The molecule has 0 aliphatic carbocycles. The predicted octanol–water partition coefficient (Wildman–Crippen LogP) is 3.81. The van der Waals surface area contributed by atoms with Crippen molar-refractivity contribution in [3.8, 4) is 0 Å². The highest BCUT2D eigenvalue weighted by Crippen LogP contribution is 2.17. The Morgan fingerprint density at radius 2 is 2.05 bits per heavy atom. The van der Waals surface area contributed by atoms with Gasteiger partial charge in [-0.25, -0.2) is 4.39 Å². The number of unbranched alkanes of at least 4 members (excludes halogenated alkanes) is 1. The van der Waals surface area contributed by atoms with E-state index in [2.05, 4.69) is 23.7 Å². The van der Waals surface area contributed by atoms with Crippen molar-refractivity contribution in [3.05, 3.63) is 36.3 Å². The van der Waals surface area contributed by atoms with Crippen LogP contribution in [0.2, 0.25) is 0 Å². The van der Waals surface area contributed by atoms with Gasteiger partial charge in [0.25, 0.3) is 0 Å². The molecule has 19 heavy (non-hydrogen) atoms. The minimum Gasteiger partial charge on any atom is -0.347 e. The number of aromatic nitrogens is 1. The number of rotatable bonds is 7. The van der Waals surface area contributed by atoms with E-state index in [0.29, 0.717) is 5.92 Å². The average molecular weight is 262 g/mol. The van der Waals surface area contributed by atoms with Gasteiger partial charge in [0.2, 0.25) is 0 Å². The number of fused-ring (bicyclic) bond motifs is 1. The minimum atomic E-state index is -0.164. The molecule has 0 aliphatic heterocycles. The Bertz CT molecular complexity index is 516. The molecule has 0 saturated carbocycles. The molecule has 0 unspecified atom stereocenters. The van der Waals surface area contributed by atoms with Gasteiger partial charge in [-0.3, -0.25) is 0 Å². The molecule has 0 amide bonds. The summed E-state index contributed by atoms with van der Waals surface area (Å²) in [6.45, 7) is 7.60. The topological polar surface area (TPSA) is 17.0 Å². The molecule has 1 aromatic heterocycles. The van der Waals surface area contributed by atoms with Crippen LogP contribution in [0.5, 0.6) is 0 Å². The van der Waals surface area contributed by atoms with Gasteiger partial charge in [0, 0.05) is 23.6 Å². The Hall–Kier alpha value is -1.35. The highest BCUT2D eigenvalue weighted by Gasteiger charge is 2.01. The molecule has 0 bridgehead atoms.